The van der Waals surface area contributed by atoms with Crippen molar-refractivity contribution < 1.29 is 18.7 Å². The molecule has 0 spiro atoms. The smallest absolute Gasteiger partial charge is 0.291 e. The van der Waals surface area contributed by atoms with Crippen LogP contribution in [-0.2, 0) is 0 Å². The number of anilines is 2. The van der Waals surface area contributed by atoms with Crippen molar-refractivity contribution in [1.82, 2.24) is 0 Å². The maximum atomic E-state index is 12.4. The third kappa shape index (κ3) is 4.01. The fraction of sp³-hybridized carbons (Fsp3) is 0.0588. The lowest BCUT2D eigenvalue weighted by Gasteiger charge is -2.09. The van der Waals surface area contributed by atoms with Crippen LogP contribution in [0.2, 0.25) is 5.02 Å². The minimum atomic E-state index is -0.379. The molecule has 6 nitrogen and oxygen atoms in total. The maximum absolute atomic E-state index is 12.4. The number of hydrogen-bond acceptors (Lipinski definition) is 5. The van der Waals surface area contributed by atoms with Gasteiger partial charge in [-0.15, -0.1) is 11.3 Å². The molecule has 8 heteroatoms. The molecule has 3 aromatic rings. The maximum Gasteiger partial charge on any atom is 0.291 e. The second-order valence-electron chi connectivity index (χ2n) is 4.89. The van der Waals surface area contributed by atoms with Crippen molar-refractivity contribution >= 4 is 45.4 Å². The fourth-order valence-corrected chi connectivity index (χ4v) is 3.04. The van der Waals surface area contributed by atoms with Gasteiger partial charge >= 0.3 is 0 Å². The summed E-state index contributed by atoms with van der Waals surface area (Å²) in [6, 6.07) is 11.4. The van der Waals surface area contributed by atoms with Crippen LogP contribution in [0.15, 0.2) is 53.1 Å². The van der Waals surface area contributed by atoms with Crippen molar-refractivity contribution in [3.05, 3.63) is 64.4 Å². The van der Waals surface area contributed by atoms with Gasteiger partial charge in [0.2, 0.25) is 0 Å². The summed E-state index contributed by atoms with van der Waals surface area (Å²) in [5.41, 5.74) is 0.467. The second-order valence-corrected chi connectivity index (χ2v) is 6.41. The summed E-state index contributed by atoms with van der Waals surface area (Å²) in [5.74, 6) is -0.0110. The number of rotatable bonds is 5. The highest BCUT2D eigenvalue weighted by atomic mass is 35.5. The number of carbonyl (C=O) groups is 2. The van der Waals surface area contributed by atoms with E-state index in [2.05, 4.69) is 10.6 Å². The summed E-state index contributed by atoms with van der Waals surface area (Å²) in [6.45, 7) is 0. The van der Waals surface area contributed by atoms with Crippen molar-refractivity contribution in [2.75, 3.05) is 17.7 Å². The zero-order chi connectivity index (χ0) is 17.8. The zero-order valence-electron chi connectivity index (χ0n) is 13.0. The largest absolute Gasteiger partial charge is 0.495 e. The molecule has 0 saturated heterocycles. The van der Waals surface area contributed by atoms with E-state index in [1.807, 2.05) is 0 Å². The molecule has 0 aliphatic heterocycles. The molecule has 2 aromatic heterocycles. The van der Waals surface area contributed by atoms with E-state index in [1.54, 1.807) is 42.5 Å². The first-order chi connectivity index (χ1) is 12.1. The number of benzene rings is 1. The van der Waals surface area contributed by atoms with E-state index in [1.165, 1.54) is 13.4 Å². The molecule has 0 aliphatic rings. The number of carbonyl (C=O) groups excluding carboxylic acids is 2. The molecule has 1 aromatic carbocycles. The number of methoxy groups -OCH3 is 1. The van der Waals surface area contributed by atoms with Gasteiger partial charge < -0.3 is 19.8 Å². The first-order valence-corrected chi connectivity index (χ1v) is 8.36. The number of hydrogen-bond donors (Lipinski definition) is 2. The van der Waals surface area contributed by atoms with E-state index in [4.69, 9.17) is 20.8 Å². The molecular weight excluding hydrogens is 364 g/mol. The molecule has 0 aliphatic carbocycles. The number of thiophene rings is 1. The Hall–Kier alpha value is -2.77. The van der Waals surface area contributed by atoms with Gasteiger partial charge in [0.25, 0.3) is 11.8 Å². The Labute approximate surface area is 152 Å². The molecule has 25 heavy (non-hydrogen) atoms. The van der Waals surface area contributed by atoms with Gasteiger partial charge in [0.05, 0.1) is 28.9 Å². The number of halogens is 1. The monoisotopic (exact) mass is 376 g/mol. The third-order valence-electron chi connectivity index (χ3n) is 3.22. The second kappa shape index (κ2) is 7.42. The molecule has 0 saturated carbocycles. The molecule has 128 valence electrons. The predicted molar refractivity (Wildman–Crippen MR) is 96.9 cm³/mol. The Morgan fingerprint density at radius 3 is 2.68 bits per heavy atom. The average molecular weight is 377 g/mol. The standard InChI is InChI=1S/C17H13ClN2O4S/c1-23-12-5-4-10(18)9-11(12)19-17(22)14-6-7-15(25-14)20-16(21)13-3-2-8-24-13/h2-9H,1H3,(H,19,22)(H,20,21). The molecule has 2 N–H and O–H groups in total. The van der Waals surface area contributed by atoms with Crippen LogP contribution in [0.3, 0.4) is 0 Å². The highest BCUT2D eigenvalue weighted by Crippen LogP contribution is 2.29. The lowest BCUT2D eigenvalue weighted by atomic mass is 10.3. The van der Waals surface area contributed by atoms with E-state index in [0.29, 0.717) is 26.3 Å². The molecule has 2 amide bonds. The van der Waals surface area contributed by atoms with Crippen LogP contribution in [0.5, 0.6) is 5.75 Å². The Kier molecular flexibility index (Phi) is 5.06. The van der Waals surface area contributed by atoms with Crippen LogP contribution in [0.1, 0.15) is 20.2 Å². The zero-order valence-corrected chi connectivity index (χ0v) is 14.6. The number of nitrogens with one attached hydrogen (secondary N) is 2. The quantitative estimate of drug-likeness (QED) is 0.686. The summed E-state index contributed by atoms with van der Waals surface area (Å²) < 4.78 is 10.2. The van der Waals surface area contributed by atoms with Crippen LogP contribution >= 0.6 is 22.9 Å². The first kappa shape index (κ1) is 17.1. The number of furan rings is 1. The van der Waals surface area contributed by atoms with Gasteiger partial charge in [0.1, 0.15) is 5.75 Å². The van der Waals surface area contributed by atoms with Crippen molar-refractivity contribution in [2.45, 2.75) is 0 Å². The summed E-state index contributed by atoms with van der Waals surface area (Å²) in [5, 5.41) is 6.43. The molecule has 0 radical (unpaired) electrons. The Morgan fingerprint density at radius 2 is 1.96 bits per heavy atom. The minimum Gasteiger partial charge on any atom is -0.495 e. The lowest BCUT2D eigenvalue weighted by molar-refractivity contribution is 0.0995. The van der Waals surface area contributed by atoms with Crippen LogP contribution < -0.4 is 15.4 Å². The SMILES string of the molecule is COc1ccc(Cl)cc1NC(=O)c1ccc(NC(=O)c2ccco2)s1. The Morgan fingerprint density at radius 1 is 1.12 bits per heavy atom. The van der Waals surface area contributed by atoms with E-state index in [0.717, 1.165) is 11.3 Å². The van der Waals surface area contributed by atoms with Gasteiger partial charge in [-0.3, -0.25) is 9.59 Å². The average Bonchev–Trinajstić information content (AvgIpc) is 3.27. The van der Waals surface area contributed by atoms with Crippen molar-refractivity contribution in [3.8, 4) is 5.75 Å². The summed E-state index contributed by atoms with van der Waals surface area (Å²) in [7, 11) is 1.51. The van der Waals surface area contributed by atoms with Gasteiger partial charge in [-0.1, -0.05) is 11.6 Å². The van der Waals surface area contributed by atoms with Crippen molar-refractivity contribution in [1.29, 1.82) is 0 Å². The summed E-state index contributed by atoms with van der Waals surface area (Å²) in [4.78, 5) is 24.8. The lowest BCUT2D eigenvalue weighted by Crippen LogP contribution is -2.11. The first-order valence-electron chi connectivity index (χ1n) is 7.16. The molecule has 2 heterocycles. The molecule has 3 rings (SSSR count). The normalized spacial score (nSPS) is 10.3. The van der Waals surface area contributed by atoms with E-state index in [-0.39, 0.29) is 17.6 Å². The van der Waals surface area contributed by atoms with Gasteiger partial charge in [-0.05, 0) is 42.5 Å². The molecule has 0 fully saturated rings. The molecule has 0 unspecified atom stereocenters. The van der Waals surface area contributed by atoms with Crippen molar-refractivity contribution in [3.63, 3.8) is 0 Å². The van der Waals surface area contributed by atoms with Gasteiger partial charge in [-0.2, -0.15) is 0 Å². The van der Waals surface area contributed by atoms with Crippen molar-refractivity contribution in [2.24, 2.45) is 0 Å². The molecular formula is C17H13ClN2O4S. The predicted octanol–water partition coefficient (Wildman–Crippen LogP) is 4.51. The highest BCUT2D eigenvalue weighted by molar-refractivity contribution is 7.18. The highest BCUT2D eigenvalue weighted by Gasteiger charge is 2.15. The third-order valence-corrected chi connectivity index (χ3v) is 4.46. The van der Waals surface area contributed by atoms with Gasteiger partial charge in [-0.25, -0.2) is 0 Å². The van der Waals surface area contributed by atoms with Crippen LogP contribution in [0, 0.1) is 0 Å². The number of ether oxygens (including phenoxy) is 1. The molecule has 0 atom stereocenters. The van der Waals surface area contributed by atoms with E-state index in [9.17, 15) is 9.59 Å². The van der Waals surface area contributed by atoms with Crippen LogP contribution in [-0.4, -0.2) is 18.9 Å². The van der Waals surface area contributed by atoms with Gasteiger partial charge in [0.15, 0.2) is 5.76 Å². The molecule has 0 bridgehead atoms. The Balaban J connectivity index is 1.71. The van der Waals surface area contributed by atoms with E-state index >= 15 is 0 Å². The Bertz CT molecular complexity index is 905. The van der Waals surface area contributed by atoms with Gasteiger partial charge in [0, 0.05) is 5.02 Å². The topological polar surface area (TPSA) is 80.6 Å². The van der Waals surface area contributed by atoms with Crippen LogP contribution in [0.25, 0.3) is 0 Å². The van der Waals surface area contributed by atoms with E-state index < -0.39 is 0 Å². The number of amides is 2. The van der Waals surface area contributed by atoms with Crippen LogP contribution in [0.4, 0.5) is 10.7 Å². The summed E-state index contributed by atoms with van der Waals surface area (Å²) in [6.07, 6.45) is 1.42. The fourth-order valence-electron chi connectivity index (χ4n) is 2.07. The summed E-state index contributed by atoms with van der Waals surface area (Å²) >= 11 is 7.10. The minimum absolute atomic E-state index is 0.197.